The predicted molar refractivity (Wildman–Crippen MR) is 63.2 cm³/mol. The van der Waals surface area contributed by atoms with Crippen LogP contribution in [0.5, 0.6) is 0 Å². The van der Waals surface area contributed by atoms with Crippen LogP contribution < -0.4 is 5.73 Å². The van der Waals surface area contributed by atoms with E-state index in [0.29, 0.717) is 5.69 Å². The first-order valence-electron chi connectivity index (χ1n) is 4.05. The molecule has 0 aliphatic carbocycles. The number of nitrogens with two attached hydrogens (primary N) is 1. The largest absolute Gasteiger partial charge is 0.478 e. The van der Waals surface area contributed by atoms with E-state index in [1.54, 1.807) is 0 Å². The minimum absolute atomic E-state index is 0.129. The Labute approximate surface area is 97.9 Å². The molecule has 0 aliphatic heterocycles. The predicted octanol–water partition coefficient (Wildman–Crippen LogP) is 2.79. The Morgan fingerprint density at radius 2 is 2.27 bits per heavy atom. The van der Waals surface area contributed by atoms with E-state index in [1.165, 1.54) is 17.5 Å². The maximum absolute atomic E-state index is 11.0. The summed E-state index contributed by atoms with van der Waals surface area (Å²) in [6.07, 6.45) is 1.49. The Hall–Kier alpha value is -1.27. The standard InChI is InChI=1S/C9H7BrN2O2S/c10-6-2-1-5(15-6)8-7(9(13)14)4(11)3-12-8/h1-3,12H,11H2,(H,13,14). The summed E-state index contributed by atoms with van der Waals surface area (Å²) >= 11 is 4.78. The van der Waals surface area contributed by atoms with Crippen molar-refractivity contribution in [3.8, 4) is 10.6 Å². The highest BCUT2D eigenvalue weighted by atomic mass is 79.9. The number of aromatic amines is 1. The number of aromatic carboxylic acids is 1. The normalized spacial score (nSPS) is 10.5. The van der Waals surface area contributed by atoms with Gasteiger partial charge in [0.2, 0.25) is 0 Å². The lowest BCUT2D eigenvalue weighted by molar-refractivity contribution is 0.0699. The van der Waals surface area contributed by atoms with Gasteiger partial charge in [-0.1, -0.05) is 0 Å². The summed E-state index contributed by atoms with van der Waals surface area (Å²) in [6.45, 7) is 0. The van der Waals surface area contributed by atoms with E-state index in [1.807, 2.05) is 12.1 Å². The third-order valence-corrected chi connectivity index (χ3v) is 3.59. The third kappa shape index (κ3) is 1.78. The molecule has 6 heteroatoms. The Bertz CT molecular complexity index is 518. The molecule has 0 atom stereocenters. The number of thiophene rings is 1. The van der Waals surface area contributed by atoms with Crippen molar-refractivity contribution < 1.29 is 9.90 Å². The lowest BCUT2D eigenvalue weighted by atomic mass is 10.2. The second-order valence-corrected chi connectivity index (χ2v) is 5.37. The van der Waals surface area contributed by atoms with Gasteiger partial charge in [0.25, 0.3) is 0 Å². The summed E-state index contributed by atoms with van der Waals surface area (Å²) in [5, 5.41) is 9.00. The SMILES string of the molecule is Nc1c[nH]c(-c2ccc(Br)s2)c1C(=O)O. The average Bonchev–Trinajstić information content (AvgIpc) is 2.71. The first kappa shape index (κ1) is 10.3. The first-order valence-corrected chi connectivity index (χ1v) is 5.66. The van der Waals surface area contributed by atoms with Crippen molar-refractivity contribution in [3.63, 3.8) is 0 Å². The molecular weight excluding hydrogens is 280 g/mol. The summed E-state index contributed by atoms with van der Waals surface area (Å²) in [5.74, 6) is -1.02. The van der Waals surface area contributed by atoms with Crippen LogP contribution in [-0.2, 0) is 0 Å². The van der Waals surface area contributed by atoms with E-state index in [4.69, 9.17) is 10.8 Å². The van der Waals surface area contributed by atoms with Gasteiger partial charge in [0, 0.05) is 6.20 Å². The molecule has 0 radical (unpaired) electrons. The van der Waals surface area contributed by atoms with Crippen LogP contribution >= 0.6 is 27.3 Å². The minimum Gasteiger partial charge on any atom is -0.478 e. The van der Waals surface area contributed by atoms with Crippen LogP contribution in [0.15, 0.2) is 22.1 Å². The van der Waals surface area contributed by atoms with Gasteiger partial charge in [-0.15, -0.1) is 11.3 Å². The van der Waals surface area contributed by atoms with E-state index in [9.17, 15) is 4.79 Å². The van der Waals surface area contributed by atoms with Crippen molar-refractivity contribution in [3.05, 3.63) is 27.7 Å². The van der Waals surface area contributed by atoms with Gasteiger partial charge in [-0.25, -0.2) is 4.79 Å². The number of nitrogens with one attached hydrogen (secondary N) is 1. The fraction of sp³-hybridized carbons (Fsp3) is 0. The Morgan fingerprint density at radius 1 is 1.53 bits per heavy atom. The highest BCUT2D eigenvalue weighted by molar-refractivity contribution is 9.11. The lowest BCUT2D eigenvalue weighted by Crippen LogP contribution is -2.00. The number of anilines is 1. The summed E-state index contributed by atoms with van der Waals surface area (Å²) in [7, 11) is 0. The Balaban J connectivity index is 2.58. The number of aromatic nitrogens is 1. The second-order valence-electron chi connectivity index (χ2n) is 2.90. The number of H-pyrrole nitrogens is 1. The molecule has 0 aromatic carbocycles. The van der Waals surface area contributed by atoms with Gasteiger partial charge >= 0.3 is 5.97 Å². The van der Waals surface area contributed by atoms with E-state index in [0.717, 1.165) is 8.66 Å². The number of rotatable bonds is 2. The second kappa shape index (κ2) is 3.71. The van der Waals surface area contributed by atoms with Crippen LogP contribution in [0, 0.1) is 0 Å². The molecule has 0 amide bonds. The average molecular weight is 287 g/mol. The fourth-order valence-corrected chi connectivity index (χ4v) is 2.71. The Kier molecular flexibility index (Phi) is 2.54. The molecule has 0 spiro atoms. The lowest BCUT2D eigenvalue weighted by Gasteiger charge is -1.97. The molecule has 4 nitrogen and oxygen atoms in total. The molecular formula is C9H7BrN2O2S. The summed E-state index contributed by atoms with van der Waals surface area (Å²) in [6, 6.07) is 3.70. The summed E-state index contributed by atoms with van der Waals surface area (Å²) in [5.41, 5.74) is 6.50. The molecule has 4 N–H and O–H groups in total. The van der Waals surface area contributed by atoms with Gasteiger partial charge in [-0.3, -0.25) is 0 Å². The van der Waals surface area contributed by atoms with Gasteiger partial charge in [-0.05, 0) is 28.1 Å². The molecule has 2 heterocycles. The van der Waals surface area contributed by atoms with Crippen molar-refractivity contribution in [1.29, 1.82) is 0 Å². The molecule has 0 saturated carbocycles. The summed E-state index contributed by atoms with van der Waals surface area (Å²) < 4.78 is 0.946. The van der Waals surface area contributed by atoms with Crippen LogP contribution in [0.4, 0.5) is 5.69 Å². The molecule has 0 aliphatic rings. The Morgan fingerprint density at radius 3 is 2.80 bits per heavy atom. The molecule has 0 fully saturated rings. The smallest absolute Gasteiger partial charge is 0.340 e. The molecule has 2 aromatic rings. The number of hydrogen-bond donors (Lipinski definition) is 3. The molecule has 2 rings (SSSR count). The maximum Gasteiger partial charge on any atom is 0.340 e. The van der Waals surface area contributed by atoms with Crippen LogP contribution in [0.2, 0.25) is 0 Å². The number of carboxylic acid groups (broad SMARTS) is 1. The minimum atomic E-state index is -1.02. The zero-order valence-corrected chi connectivity index (χ0v) is 9.85. The quantitative estimate of drug-likeness (QED) is 0.794. The van der Waals surface area contributed by atoms with Gasteiger partial charge in [0.15, 0.2) is 0 Å². The van der Waals surface area contributed by atoms with Gasteiger partial charge < -0.3 is 15.8 Å². The molecule has 2 aromatic heterocycles. The van der Waals surface area contributed by atoms with E-state index < -0.39 is 5.97 Å². The van der Waals surface area contributed by atoms with Crippen LogP contribution in [0.25, 0.3) is 10.6 Å². The molecule has 0 saturated heterocycles. The number of carboxylic acids is 1. The van der Waals surface area contributed by atoms with Gasteiger partial charge in [0.1, 0.15) is 5.56 Å². The van der Waals surface area contributed by atoms with E-state index >= 15 is 0 Å². The summed E-state index contributed by atoms with van der Waals surface area (Å²) in [4.78, 5) is 14.7. The fourth-order valence-electron chi connectivity index (χ4n) is 1.31. The number of carbonyl (C=O) groups is 1. The van der Waals surface area contributed by atoms with Crippen LogP contribution in [0.3, 0.4) is 0 Å². The number of hydrogen-bond acceptors (Lipinski definition) is 3. The van der Waals surface area contributed by atoms with Crippen LogP contribution in [0.1, 0.15) is 10.4 Å². The van der Waals surface area contributed by atoms with Crippen molar-refractivity contribution in [1.82, 2.24) is 4.98 Å². The topological polar surface area (TPSA) is 79.1 Å². The molecule has 78 valence electrons. The third-order valence-electron chi connectivity index (χ3n) is 1.94. The number of halogens is 1. The maximum atomic E-state index is 11.0. The van der Waals surface area contributed by atoms with Crippen molar-refractivity contribution in [2.45, 2.75) is 0 Å². The molecule has 0 unspecified atom stereocenters. The zero-order valence-electron chi connectivity index (χ0n) is 7.45. The monoisotopic (exact) mass is 286 g/mol. The molecule has 0 bridgehead atoms. The van der Waals surface area contributed by atoms with E-state index in [2.05, 4.69) is 20.9 Å². The number of nitrogen functional groups attached to an aromatic ring is 1. The van der Waals surface area contributed by atoms with Crippen LogP contribution in [-0.4, -0.2) is 16.1 Å². The van der Waals surface area contributed by atoms with Crippen molar-refractivity contribution in [2.24, 2.45) is 0 Å². The van der Waals surface area contributed by atoms with Crippen molar-refractivity contribution in [2.75, 3.05) is 5.73 Å². The van der Waals surface area contributed by atoms with E-state index in [-0.39, 0.29) is 11.3 Å². The van der Waals surface area contributed by atoms with Gasteiger partial charge in [0.05, 0.1) is 20.0 Å². The van der Waals surface area contributed by atoms with Crippen molar-refractivity contribution >= 4 is 38.9 Å². The highest BCUT2D eigenvalue weighted by Gasteiger charge is 2.18. The highest BCUT2D eigenvalue weighted by Crippen LogP contribution is 2.34. The first-order chi connectivity index (χ1) is 7.09. The molecule has 15 heavy (non-hydrogen) atoms. The van der Waals surface area contributed by atoms with Gasteiger partial charge in [-0.2, -0.15) is 0 Å². The zero-order chi connectivity index (χ0) is 11.0.